The van der Waals surface area contributed by atoms with Crippen molar-refractivity contribution in [1.82, 2.24) is 9.88 Å². The lowest BCUT2D eigenvalue weighted by molar-refractivity contribution is -0.115. The Hall–Kier alpha value is -4.13. The zero-order valence-electron chi connectivity index (χ0n) is 16.8. The van der Waals surface area contributed by atoms with Gasteiger partial charge in [-0.25, -0.2) is 9.98 Å². The summed E-state index contributed by atoms with van der Waals surface area (Å²) in [6, 6.07) is 9.89. The van der Waals surface area contributed by atoms with E-state index in [1.54, 1.807) is 17.2 Å². The van der Waals surface area contributed by atoms with Crippen molar-refractivity contribution in [1.29, 1.82) is 0 Å². The summed E-state index contributed by atoms with van der Waals surface area (Å²) < 4.78 is 11.5. The molecular formula is C24H22N4O3. The number of aromatic nitrogens is 1. The maximum atomic E-state index is 11.9. The van der Waals surface area contributed by atoms with Crippen LogP contribution >= 0.6 is 0 Å². The molecule has 2 aliphatic rings. The molecule has 1 atom stereocenters. The van der Waals surface area contributed by atoms with Gasteiger partial charge in [-0.15, -0.1) is 0 Å². The first-order valence-electron chi connectivity index (χ1n) is 9.85. The van der Waals surface area contributed by atoms with Crippen molar-refractivity contribution in [3.63, 3.8) is 0 Å². The first-order chi connectivity index (χ1) is 15.2. The Morgan fingerprint density at radius 2 is 2.03 bits per heavy atom. The summed E-state index contributed by atoms with van der Waals surface area (Å²) in [6.45, 7) is 0.807. The molecule has 3 heterocycles. The Balaban J connectivity index is 1.72. The fourth-order valence-corrected chi connectivity index (χ4v) is 3.24. The number of carbonyl (C=O) groups is 1. The highest BCUT2D eigenvalue weighted by Gasteiger charge is 2.27. The third-order valence-electron chi connectivity index (χ3n) is 4.67. The molecule has 0 fully saturated rings. The Morgan fingerprint density at radius 3 is 2.94 bits per heavy atom. The van der Waals surface area contributed by atoms with Crippen molar-refractivity contribution in [3.8, 4) is 5.88 Å². The van der Waals surface area contributed by atoms with Crippen molar-refractivity contribution in [3.05, 3.63) is 90.4 Å². The highest BCUT2D eigenvalue weighted by molar-refractivity contribution is 5.92. The van der Waals surface area contributed by atoms with Crippen molar-refractivity contribution < 1.29 is 14.3 Å². The average molecular weight is 414 g/mol. The highest BCUT2D eigenvalue weighted by Crippen LogP contribution is 2.27. The number of ether oxygens (including phenoxy) is 2. The summed E-state index contributed by atoms with van der Waals surface area (Å²) in [7, 11) is 0. The predicted octanol–water partition coefficient (Wildman–Crippen LogP) is 3.32. The second kappa shape index (κ2) is 9.58. The molecule has 0 saturated carbocycles. The molecule has 156 valence electrons. The van der Waals surface area contributed by atoms with E-state index in [0.717, 1.165) is 16.5 Å². The van der Waals surface area contributed by atoms with E-state index in [4.69, 9.17) is 20.2 Å². The van der Waals surface area contributed by atoms with Gasteiger partial charge in [0.2, 0.25) is 5.88 Å². The third-order valence-corrected chi connectivity index (χ3v) is 4.67. The number of primary amides is 1. The van der Waals surface area contributed by atoms with Crippen LogP contribution in [0.15, 0.2) is 89.9 Å². The largest absolute Gasteiger partial charge is 0.479 e. The number of nitrogens with two attached hydrogens (primary N) is 1. The van der Waals surface area contributed by atoms with Gasteiger partial charge < -0.3 is 20.1 Å². The zero-order chi connectivity index (χ0) is 21.5. The van der Waals surface area contributed by atoms with Crippen LogP contribution in [0.5, 0.6) is 5.88 Å². The van der Waals surface area contributed by atoms with E-state index in [-0.39, 0.29) is 0 Å². The van der Waals surface area contributed by atoms with E-state index in [0.29, 0.717) is 24.7 Å². The van der Waals surface area contributed by atoms with Crippen molar-refractivity contribution in [2.45, 2.75) is 6.10 Å². The molecular weight excluding hydrogens is 392 g/mol. The Kier molecular flexibility index (Phi) is 6.23. The molecule has 31 heavy (non-hydrogen) atoms. The van der Waals surface area contributed by atoms with Crippen molar-refractivity contribution in [2.75, 3.05) is 13.2 Å². The third kappa shape index (κ3) is 5.08. The number of para-hydroxylation sites is 1. The number of rotatable bonds is 1. The minimum Gasteiger partial charge on any atom is -0.479 e. The van der Waals surface area contributed by atoms with Crippen LogP contribution in [0.2, 0.25) is 0 Å². The topological polar surface area (TPSA) is 90.0 Å². The monoisotopic (exact) mass is 414 g/mol. The summed E-state index contributed by atoms with van der Waals surface area (Å²) in [5.41, 5.74) is 7.56. The maximum Gasteiger partial charge on any atom is 0.265 e. The molecule has 1 amide bonds. The van der Waals surface area contributed by atoms with E-state index in [2.05, 4.69) is 4.99 Å². The Morgan fingerprint density at radius 1 is 1.16 bits per heavy atom. The van der Waals surface area contributed by atoms with E-state index in [1.807, 2.05) is 66.8 Å². The van der Waals surface area contributed by atoms with E-state index in [1.165, 1.54) is 12.6 Å². The van der Waals surface area contributed by atoms with E-state index in [9.17, 15) is 4.79 Å². The van der Waals surface area contributed by atoms with Crippen LogP contribution in [-0.4, -0.2) is 41.4 Å². The van der Waals surface area contributed by atoms with Crippen molar-refractivity contribution in [2.24, 2.45) is 10.7 Å². The number of fused-ring (bicyclic) bond motifs is 4. The number of pyridine rings is 1. The molecule has 2 bridgehead atoms. The predicted molar refractivity (Wildman–Crippen MR) is 121 cm³/mol. The second-order valence-corrected chi connectivity index (χ2v) is 6.86. The molecule has 2 aliphatic heterocycles. The number of benzene rings is 1. The summed E-state index contributed by atoms with van der Waals surface area (Å²) in [6.07, 6.45) is 17.3. The lowest BCUT2D eigenvalue weighted by Gasteiger charge is -2.17. The van der Waals surface area contributed by atoms with Gasteiger partial charge in [0.1, 0.15) is 18.4 Å². The molecule has 7 heteroatoms. The van der Waals surface area contributed by atoms with Gasteiger partial charge >= 0.3 is 0 Å². The minimum absolute atomic E-state index is 0.346. The Bertz CT molecular complexity index is 1140. The molecule has 7 nitrogen and oxygen atoms in total. The molecule has 2 N–H and O–H groups in total. The molecule has 1 aromatic heterocycles. The normalized spacial score (nSPS) is 18.6. The van der Waals surface area contributed by atoms with Crippen LogP contribution in [0.1, 0.15) is 5.56 Å². The molecule has 0 spiro atoms. The van der Waals surface area contributed by atoms with Crippen molar-refractivity contribution >= 4 is 29.3 Å². The van der Waals surface area contributed by atoms with Crippen LogP contribution in [0, 0.1) is 0 Å². The molecule has 0 aliphatic carbocycles. The second-order valence-electron chi connectivity index (χ2n) is 6.86. The number of allylic oxidation sites excluding steroid dienone is 4. The maximum absolute atomic E-state index is 11.9. The van der Waals surface area contributed by atoms with E-state index < -0.39 is 12.0 Å². The summed E-state index contributed by atoms with van der Waals surface area (Å²) in [4.78, 5) is 22.3. The molecule has 1 aromatic carbocycles. The van der Waals surface area contributed by atoms with Crippen LogP contribution in [-0.2, 0) is 9.53 Å². The fourth-order valence-electron chi connectivity index (χ4n) is 3.24. The van der Waals surface area contributed by atoms with Gasteiger partial charge in [-0.1, -0.05) is 42.5 Å². The molecule has 0 saturated heterocycles. The minimum atomic E-state index is -0.538. The smallest absolute Gasteiger partial charge is 0.265 e. The Labute approximate surface area is 180 Å². The SMILES string of the molecule is NC(=O)C1=CC2CN1C=CN=COCC=CC=CC=Cc1cc3ccccc3nc1O2. The van der Waals surface area contributed by atoms with Crippen LogP contribution < -0.4 is 10.5 Å². The van der Waals surface area contributed by atoms with Gasteiger partial charge in [-0.05, 0) is 30.4 Å². The standard InChI is InChI=1S/C24H22N4O3/c25-23(29)22-15-20-16-28(22)12-11-26-17-30-13-7-3-1-2-4-9-19-14-18-8-5-6-10-21(18)27-24(19)31-20/h1-12,14-15,17,20H,13,16H2,(H2,25,29). The number of hydrogen-bond acceptors (Lipinski definition) is 6. The molecule has 1 unspecified atom stereocenters. The highest BCUT2D eigenvalue weighted by atomic mass is 16.5. The first-order valence-corrected chi connectivity index (χ1v) is 9.85. The van der Waals surface area contributed by atoms with Gasteiger partial charge in [-0.2, -0.15) is 0 Å². The fraction of sp³-hybridized carbons (Fsp3) is 0.125. The van der Waals surface area contributed by atoms with Crippen LogP contribution in [0.3, 0.4) is 0 Å². The van der Waals surface area contributed by atoms with Gasteiger partial charge in [0, 0.05) is 23.3 Å². The summed E-state index contributed by atoms with van der Waals surface area (Å²) >= 11 is 0. The number of aliphatic imine (C=N–C) groups is 1. The average Bonchev–Trinajstić information content (AvgIpc) is 3.17. The van der Waals surface area contributed by atoms with Crippen LogP contribution in [0.25, 0.3) is 17.0 Å². The number of carbonyl (C=O) groups excluding carboxylic acids is 1. The van der Waals surface area contributed by atoms with Crippen LogP contribution in [0.4, 0.5) is 0 Å². The summed E-state index contributed by atoms with van der Waals surface area (Å²) in [5, 5.41) is 1.01. The number of nitrogens with zero attached hydrogens (tertiary/aromatic N) is 3. The van der Waals surface area contributed by atoms with Gasteiger partial charge in [0.05, 0.1) is 12.1 Å². The number of amides is 1. The molecule has 4 rings (SSSR count). The quantitative estimate of drug-likeness (QED) is 0.773. The lowest BCUT2D eigenvalue weighted by atomic mass is 10.1. The number of hydrogen-bond donors (Lipinski definition) is 1. The zero-order valence-corrected chi connectivity index (χ0v) is 16.8. The molecule has 2 aromatic rings. The van der Waals surface area contributed by atoms with Gasteiger partial charge in [-0.3, -0.25) is 4.79 Å². The lowest BCUT2D eigenvalue weighted by Crippen LogP contribution is -2.27. The van der Waals surface area contributed by atoms with E-state index >= 15 is 0 Å². The summed E-state index contributed by atoms with van der Waals surface area (Å²) in [5.74, 6) is -0.0499. The van der Waals surface area contributed by atoms with Gasteiger partial charge in [0.15, 0.2) is 6.40 Å². The first kappa shape index (κ1) is 20.2. The van der Waals surface area contributed by atoms with Gasteiger partial charge in [0.25, 0.3) is 5.91 Å². The molecule has 0 radical (unpaired) electrons.